The fourth-order valence-corrected chi connectivity index (χ4v) is 1.76. The molecule has 1 aliphatic heterocycles. The number of amides is 1. The lowest BCUT2D eigenvalue weighted by Crippen LogP contribution is -2.18. The van der Waals surface area contributed by atoms with Crippen molar-refractivity contribution in [2.24, 2.45) is 0 Å². The molecule has 88 valence electrons. The normalized spacial score (nSPS) is 14.9. The number of aliphatic hydroxyl groups is 1. The van der Waals surface area contributed by atoms with Crippen molar-refractivity contribution in [1.29, 1.82) is 0 Å². The number of hydrogen-bond acceptors (Lipinski definition) is 3. The molecule has 2 rings (SSSR count). The van der Waals surface area contributed by atoms with Gasteiger partial charge in [-0.05, 0) is 12.0 Å². The molecule has 1 aliphatic rings. The number of Topliss-reactive ketones (excluding diaryl/α,β-unsaturated/α-hetero) is 1. The van der Waals surface area contributed by atoms with Crippen LogP contribution in [-0.4, -0.2) is 23.3 Å². The van der Waals surface area contributed by atoms with Crippen LogP contribution < -0.4 is 5.32 Å². The summed E-state index contributed by atoms with van der Waals surface area (Å²) < 4.78 is 0. The lowest BCUT2D eigenvalue weighted by atomic mass is 10.0. The second-order valence-electron chi connectivity index (χ2n) is 3.92. The SMILES string of the molecule is O=C(CCc1ccccc1)C1=C(O)C(=O)NC1. The van der Waals surface area contributed by atoms with Crippen molar-refractivity contribution in [3.63, 3.8) is 0 Å². The van der Waals surface area contributed by atoms with Gasteiger partial charge in [0, 0.05) is 6.42 Å². The molecule has 4 nitrogen and oxygen atoms in total. The van der Waals surface area contributed by atoms with Crippen LogP contribution in [0.25, 0.3) is 0 Å². The van der Waals surface area contributed by atoms with E-state index in [4.69, 9.17) is 0 Å². The maximum atomic E-state index is 11.8. The van der Waals surface area contributed by atoms with E-state index in [0.717, 1.165) is 5.56 Å². The summed E-state index contributed by atoms with van der Waals surface area (Å²) in [5.41, 5.74) is 1.27. The zero-order valence-corrected chi connectivity index (χ0v) is 9.27. The second kappa shape index (κ2) is 4.82. The van der Waals surface area contributed by atoms with Gasteiger partial charge in [0.15, 0.2) is 11.5 Å². The first-order valence-corrected chi connectivity index (χ1v) is 5.46. The minimum atomic E-state index is -0.562. The van der Waals surface area contributed by atoms with Crippen LogP contribution in [0, 0.1) is 0 Å². The summed E-state index contributed by atoms with van der Waals surface area (Å²) in [6, 6.07) is 9.63. The van der Waals surface area contributed by atoms with Crippen molar-refractivity contribution in [2.75, 3.05) is 6.54 Å². The molecule has 1 heterocycles. The Morgan fingerprint density at radius 3 is 2.59 bits per heavy atom. The highest BCUT2D eigenvalue weighted by molar-refractivity contribution is 6.07. The van der Waals surface area contributed by atoms with Gasteiger partial charge < -0.3 is 10.4 Å². The van der Waals surface area contributed by atoms with Crippen LogP contribution in [0.5, 0.6) is 0 Å². The number of aryl methyl sites for hydroxylation is 1. The van der Waals surface area contributed by atoms with Crippen molar-refractivity contribution in [1.82, 2.24) is 5.32 Å². The van der Waals surface area contributed by atoms with Crippen LogP contribution in [0.4, 0.5) is 0 Å². The largest absolute Gasteiger partial charge is 0.503 e. The number of aliphatic hydroxyl groups excluding tert-OH is 1. The van der Waals surface area contributed by atoms with Gasteiger partial charge in [-0.25, -0.2) is 0 Å². The third kappa shape index (κ3) is 2.53. The van der Waals surface area contributed by atoms with Crippen LogP contribution in [0.2, 0.25) is 0 Å². The van der Waals surface area contributed by atoms with Gasteiger partial charge in [0.05, 0.1) is 12.1 Å². The topological polar surface area (TPSA) is 66.4 Å². The predicted octanol–water partition coefficient (Wildman–Crippen LogP) is 1.13. The summed E-state index contributed by atoms with van der Waals surface area (Å²) in [6.07, 6.45) is 0.920. The second-order valence-corrected chi connectivity index (χ2v) is 3.92. The summed E-state index contributed by atoms with van der Waals surface area (Å²) in [4.78, 5) is 22.8. The molecule has 0 saturated heterocycles. The van der Waals surface area contributed by atoms with E-state index in [2.05, 4.69) is 5.32 Å². The van der Waals surface area contributed by atoms with Crippen molar-refractivity contribution in [3.8, 4) is 0 Å². The fourth-order valence-electron chi connectivity index (χ4n) is 1.76. The highest BCUT2D eigenvalue weighted by atomic mass is 16.3. The van der Waals surface area contributed by atoms with E-state index in [1.165, 1.54) is 0 Å². The van der Waals surface area contributed by atoms with Crippen molar-refractivity contribution in [3.05, 3.63) is 47.2 Å². The molecule has 2 N–H and O–H groups in total. The smallest absolute Gasteiger partial charge is 0.286 e. The molecule has 17 heavy (non-hydrogen) atoms. The van der Waals surface area contributed by atoms with E-state index in [1.54, 1.807) is 0 Å². The van der Waals surface area contributed by atoms with Gasteiger partial charge in [-0.3, -0.25) is 9.59 Å². The zero-order valence-electron chi connectivity index (χ0n) is 9.27. The molecule has 0 spiro atoms. The summed E-state index contributed by atoms with van der Waals surface area (Å²) >= 11 is 0. The number of carbonyl (C=O) groups excluding carboxylic acids is 2. The Morgan fingerprint density at radius 1 is 1.29 bits per heavy atom. The first-order chi connectivity index (χ1) is 8.18. The van der Waals surface area contributed by atoms with Gasteiger partial charge >= 0.3 is 0 Å². The van der Waals surface area contributed by atoms with Crippen LogP contribution in [-0.2, 0) is 16.0 Å². The summed E-state index contributed by atoms with van der Waals surface area (Å²) in [6.45, 7) is 0.137. The van der Waals surface area contributed by atoms with Crippen LogP contribution in [0.15, 0.2) is 41.7 Å². The molecule has 1 aromatic rings. The quantitative estimate of drug-likeness (QED) is 0.816. The molecule has 1 aromatic carbocycles. The van der Waals surface area contributed by atoms with Gasteiger partial charge in [0.1, 0.15) is 0 Å². The van der Waals surface area contributed by atoms with Gasteiger partial charge in [0.25, 0.3) is 5.91 Å². The molecule has 0 unspecified atom stereocenters. The minimum absolute atomic E-state index is 0.137. The predicted molar refractivity (Wildman–Crippen MR) is 62.4 cm³/mol. The van der Waals surface area contributed by atoms with Crippen molar-refractivity contribution >= 4 is 11.7 Å². The maximum Gasteiger partial charge on any atom is 0.286 e. The molecular formula is C13H13NO3. The monoisotopic (exact) mass is 231 g/mol. The van der Waals surface area contributed by atoms with Crippen molar-refractivity contribution < 1.29 is 14.7 Å². The van der Waals surface area contributed by atoms with E-state index in [0.29, 0.717) is 12.8 Å². The van der Waals surface area contributed by atoms with E-state index < -0.39 is 11.7 Å². The average molecular weight is 231 g/mol. The first kappa shape index (κ1) is 11.4. The van der Waals surface area contributed by atoms with Gasteiger partial charge in [-0.1, -0.05) is 30.3 Å². The number of benzene rings is 1. The molecule has 4 heteroatoms. The number of nitrogens with one attached hydrogen (secondary N) is 1. The zero-order chi connectivity index (χ0) is 12.3. The molecule has 1 amide bonds. The first-order valence-electron chi connectivity index (χ1n) is 5.46. The fraction of sp³-hybridized carbons (Fsp3) is 0.231. The highest BCUT2D eigenvalue weighted by Gasteiger charge is 2.26. The molecule has 0 bridgehead atoms. The van der Waals surface area contributed by atoms with Gasteiger partial charge in [-0.15, -0.1) is 0 Å². The van der Waals surface area contributed by atoms with Crippen molar-refractivity contribution in [2.45, 2.75) is 12.8 Å². The maximum absolute atomic E-state index is 11.8. The molecule has 0 atom stereocenters. The molecule has 0 aromatic heterocycles. The Balaban J connectivity index is 1.97. The van der Waals surface area contributed by atoms with E-state index >= 15 is 0 Å². The van der Waals surface area contributed by atoms with Crippen LogP contribution in [0.3, 0.4) is 0 Å². The molecule has 0 aliphatic carbocycles. The molecule has 0 fully saturated rings. The van der Waals surface area contributed by atoms with E-state index in [1.807, 2.05) is 30.3 Å². The number of hydrogen-bond donors (Lipinski definition) is 2. The Morgan fingerprint density at radius 2 is 2.00 bits per heavy atom. The summed E-state index contributed by atoms with van der Waals surface area (Å²) in [7, 11) is 0. The molecular weight excluding hydrogens is 218 g/mol. The summed E-state index contributed by atoms with van der Waals surface area (Å²) in [5.74, 6) is -1.17. The van der Waals surface area contributed by atoms with E-state index in [9.17, 15) is 14.7 Å². The Bertz CT molecular complexity index is 477. The van der Waals surface area contributed by atoms with Gasteiger partial charge in [0.2, 0.25) is 0 Å². The lowest BCUT2D eigenvalue weighted by Gasteiger charge is -2.01. The van der Waals surface area contributed by atoms with Gasteiger partial charge in [-0.2, -0.15) is 0 Å². The molecule has 0 saturated carbocycles. The minimum Gasteiger partial charge on any atom is -0.503 e. The number of carbonyl (C=O) groups is 2. The van der Waals surface area contributed by atoms with Crippen LogP contribution in [0.1, 0.15) is 12.0 Å². The Kier molecular flexibility index (Phi) is 3.23. The number of rotatable bonds is 4. The van der Waals surface area contributed by atoms with E-state index in [-0.39, 0.29) is 17.9 Å². The lowest BCUT2D eigenvalue weighted by molar-refractivity contribution is -0.119. The molecule has 0 radical (unpaired) electrons. The standard InChI is InChI=1S/C13H13NO3/c15-11(10-8-14-13(17)12(10)16)7-6-9-4-2-1-3-5-9/h1-5,16H,6-8H2,(H,14,17). The Hall–Kier alpha value is -2.10. The van der Waals surface area contributed by atoms with Crippen LogP contribution >= 0.6 is 0 Å². The average Bonchev–Trinajstić information content (AvgIpc) is 2.69. The number of ketones is 1. The Labute approximate surface area is 99.0 Å². The highest BCUT2D eigenvalue weighted by Crippen LogP contribution is 2.13. The third-order valence-electron chi connectivity index (χ3n) is 2.75. The summed E-state index contributed by atoms with van der Waals surface area (Å²) in [5, 5.41) is 11.8. The third-order valence-corrected chi connectivity index (χ3v) is 2.75.